The predicted octanol–water partition coefficient (Wildman–Crippen LogP) is 17.8. The van der Waals surface area contributed by atoms with Gasteiger partial charge in [0.05, 0.1) is 0 Å². The molecule has 0 heterocycles. The lowest BCUT2D eigenvalue weighted by atomic mass is 10.1. The molecule has 6 nitrogen and oxygen atoms in total. The third-order valence-corrected chi connectivity index (χ3v) is 11.1. The first-order valence-corrected chi connectivity index (χ1v) is 26.8. The Labute approximate surface area is 400 Å². The van der Waals surface area contributed by atoms with Crippen LogP contribution in [0.1, 0.15) is 239 Å². The second-order valence-corrected chi connectivity index (χ2v) is 17.4. The largest absolute Gasteiger partial charge is 0.462 e. The van der Waals surface area contributed by atoms with Crippen LogP contribution < -0.4 is 0 Å². The van der Waals surface area contributed by atoms with Crippen LogP contribution in [0.3, 0.4) is 0 Å². The Morgan fingerprint density at radius 1 is 0.338 bits per heavy atom. The van der Waals surface area contributed by atoms with Crippen molar-refractivity contribution in [2.45, 2.75) is 245 Å². The molecule has 0 saturated carbocycles. The quantitative estimate of drug-likeness (QED) is 0.0199. The smallest absolute Gasteiger partial charge is 0.306 e. The van der Waals surface area contributed by atoms with Crippen LogP contribution >= 0.6 is 0 Å². The fraction of sp³-hybridized carbons (Fsp3) is 0.678. The number of esters is 3. The van der Waals surface area contributed by atoms with Crippen LogP contribution in [-0.2, 0) is 28.6 Å². The summed E-state index contributed by atoms with van der Waals surface area (Å²) < 4.78 is 16.8. The van der Waals surface area contributed by atoms with E-state index in [1.807, 2.05) is 0 Å². The molecule has 0 aromatic heterocycles. The van der Waals surface area contributed by atoms with Gasteiger partial charge in [0.25, 0.3) is 0 Å². The van der Waals surface area contributed by atoms with E-state index in [9.17, 15) is 14.4 Å². The van der Waals surface area contributed by atoms with E-state index in [0.29, 0.717) is 19.3 Å². The van der Waals surface area contributed by atoms with Gasteiger partial charge in [-0.25, -0.2) is 0 Å². The van der Waals surface area contributed by atoms with Crippen molar-refractivity contribution in [1.29, 1.82) is 0 Å². The minimum atomic E-state index is -0.805. The van der Waals surface area contributed by atoms with Crippen molar-refractivity contribution < 1.29 is 28.6 Å². The summed E-state index contributed by atoms with van der Waals surface area (Å²) in [7, 11) is 0. The van der Waals surface area contributed by atoms with Gasteiger partial charge in [-0.2, -0.15) is 0 Å². The minimum Gasteiger partial charge on any atom is -0.462 e. The molecule has 0 fully saturated rings. The zero-order chi connectivity index (χ0) is 47.2. The fourth-order valence-corrected chi connectivity index (χ4v) is 7.03. The normalized spacial score (nSPS) is 12.8. The van der Waals surface area contributed by atoms with Crippen molar-refractivity contribution in [3.63, 3.8) is 0 Å². The van der Waals surface area contributed by atoms with Crippen LogP contribution in [0, 0.1) is 0 Å². The highest BCUT2D eigenvalue weighted by molar-refractivity contribution is 5.71. The third kappa shape index (κ3) is 51.2. The summed E-state index contributed by atoms with van der Waals surface area (Å²) >= 11 is 0. The van der Waals surface area contributed by atoms with Crippen LogP contribution in [0.25, 0.3) is 0 Å². The van der Waals surface area contributed by atoms with Gasteiger partial charge in [-0.1, -0.05) is 208 Å². The maximum absolute atomic E-state index is 12.8. The summed E-state index contributed by atoms with van der Waals surface area (Å²) in [5.74, 6) is -0.969. The van der Waals surface area contributed by atoms with E-state index < -0.39 is 6.10 Å². The molecule has 0 aromatic carbocycles. The Morgan fingerprint density at radius 2 is 0.662 bits per heavy atom. The van der Waals surface area contributed by atoms with Gasteiger partial charge in [0.2, 0.25) is 0 Å². The standard InChI is InChI=1S/C59H98O6/c1-4-7-10-13-16-19-22-24-26-28-29-31-32-34-37-40-43-46-49-52-58(61)64-55-56(54-63-57(60)51-48-45-42-39-36-21-18-15-12-9-6-3)65-59(62)53-50-47-44-41-38-35-33-30-27-25-23-20-17-14-11-8-5-2/h7,10,15-16,18-19,21,24-27,29,31,34,36-37,56H,4-6,8-9,11-14,17,20,22-23,28,30,32-33,35,38-55H2,1-3H3/b10-7-,18-15-,19-16-,26-24-,27-25-,31-29-,36-21-,37-34-. The average molecular weight is 903 g/mol. The van der Waals surface area contributed by atoms with E-state index in [1.54, 1.807) is 0 Å². The van der Waals surface area contributed by atoms with Gasteiger partial charge in [0.1, 0.15) is 13.2 Å². The number of hydrogen-bond donors (Lipinski definition) is 0. The number of unbranched alkanes of at least 4 members (excludes halogenated alkanes) is 21. The van der Waals surface area contributed by atoms with Gasteiger partial charge in [0, 0.05) is 19.3 Å². The maximum Gasteiger partial charge on any atom is 0.306 e. The Hall–Kier alpha value is -3.67. The van der Waals surface area contributed by atoms with Gasteiger partial charge in [-0.15, -0.1) is 0 Å². The number of hydrogen-bond acceptors (Lipinski definition) is 6. The molecule has 0 bridgehead atoms. The molecule has 0 rings (SSSR count). The molecule has 0 aliphatic carbocycles. The fourth-order valence-electron chi connectivity index (χ4n) is 7.03. The highest BCUT2D eigenvalue weighted by Crippen LogP contribution is 2.14. The first-order valence-electron chi connectivity index (χ1n) is 26.8. The second kappa shape index (κ2) is 52.9. The number of allylic oxidation sites excluding steroid dienone is 16. The van der Waals surface area contributed by atoms with E-state index >= 15 is 0 Å². The van der Waals surface area contributed by atoms with Gasteiger partial charge in [-0.05, 0) is 109 Å². The van der Waals surface area contributed by atoms with Gasteiger partial charge >= 0.3 is 17.9 Å². The van der Waals surface area contributed by atoms with Crippen LogP contribution in [0.15, 0.2) is 97.2 Å². The Morgan fingerprint density at radius 3 is 1.11 bits per heavy atom. The van der Waals surface area contributed by atoms with Crippen LogP contribution in [-0.4, -0.2) is 37.2 Å². The lowest BCUT2D eigenvalue weighted by Gasteiger charge is -2.18. The van der Waals surface area contributed by atoms with E-state index in [4.69, 9.17) is 14.2 Å². The lowest BCUT2D eigenvalue weighted by molar-refractivity contribution is -0.167. The molecular formula is C59H98O6. The first kappa shape index (κ1) is 61.3. The Balaban J connectivity index is 4.45. The summed E-state index contributed by atoms with van der Waals surface area (Å²) in [6.45, 7) is 6.41. The molecule has 0 amide bonds. The number of rotatable bonds is 47. The predicted molar refractivity (Wildman–Crippen MR) is 279 cm³/mol. The summed E-state index contributed by atoms with van der Waals surface area (Å²) in [6, 6.07) is 0. The topological polar surface area (TPSA) is 78.9 Å². The second-order valence-electron chi connectivity index (χ2n) is 17.4. The summed E-state index contributed by atoms with van der Waals surface area (Å²) in [6.07, 6.45) is 69.7. The van der Waals surface area contributed by atoms with Crippen molar-refractivity contribution in [2.75, 3.05) is 13.2 Å². The van der Waals surface area contributed by atoms with Crippen molar-refractivity contribution in [3.05, 3.63) is 97.2 Å². The number of carbonyl (C=O) groups is 3. The van der Waals surface area contributed by atoms with Crippen molar-refractivity contribution in [1.82, 2.24) is 0 Å². The monoisotopic (exact) mass is 903 g/mol. The molecule has 0 saturated heterocycles. The van der Waals surface area contributed by atoms with E-state index in [2.05, 4.69) is 118 Å². The number of carbonyl (C=O) groups excluding carboxylic acids is 3. The maximum atomic E-state index is 12.8. The molecular weight excluding hydrogens is 805 g/mol. The zero-order valence-corrected chi connectivity index (χ0v) is 42.2. The molecule has 1 unspecified atom stereocenters. The average Bonchev–Trinajstić information content (AvgIpc) is 3.30. The molecule has 0 aromatic rings. The molecule has 0 aliphatic rings. The molecule has 6 heteroatoms. The lowest BCUT2D eigenvalue weighted by Crippen LogP contribution is -2.30. The van der Waals surface area contributed by atoms with E-state index in [1.165, 1.54) is 89.9 Å². The van der Waals surface area contributed by atoms with Crippen molar-refractivity contribution >= 4 is 17.9 Å². The molecule has 0 aliphatic heterocycles. The van der Waals surface area contributed by atoms with E-state index in [0.717, 1.165) is 109 Å². The molecule has 370 valence electrons. The molecule has 0 radical (unpaired) electrons. The summed E-state index contributed by atoms with van der Waals surface area (Å²) in [5.41, 5.74) is 0. The van der Waals surface area contributed by atoms with Crippen LogP contribution in [0.2, 0.25) is 0 Å². The Bertz CT molecular complexity index is 1310. The summed E-state index contributed by atoms with van der Waals surface area (Å²) in [4.78, 5) is 38.0. The van der Waals surface area contributed by atoms with Gasteiger partial charge in [0.15, 0.2) is 6.10 Å². The number of ether oxygens (including phenoxy) is 3. The van der Waals surface area contributed by atoms with Gasteiger partial charge in [-0.3, -0.25) is 14.4 Å². The summed E-state index contributed by atoms with van der Waals surface area (Å²) in [5, 5.41) is 0. The molecule has 1 atom stereocenters. The first-order chi connectivity index (χ1) is 32.0. The molecule has 65 heavy (non-hydrogen) atoms. The third-order valence-electron chi connectivity index (χ3n) is 11.1. The zero-order valence-electron chi connectivity index (χ0n) is 42.2. The van der Waals surface area contributed by atoms with Crippen molar-refractivity contribution in [2.24, 2.45) is 0 Å². The van der Waals surface area contributed by atoms with Gasteiger partial charge < -0.3 is 14.2 Å². The minimum absolute atomic E-state index is 0.105. The Kier molecular flexibility index (Phi) is 50.0. The van der Waals surface area contributed by atoms with E-state index in [-0.39, 0.29) is 31.1 Å². The van der Waals surface area contributed by atoms with Crippen LogP contribution in [0.5, 0.6) is 0 Å². The van der Waals surface area contributed by atoms with Crippen molar-refractivity contribution in [3.8, 4) is 0 Å². The van der Waals surface area contributed by atoms with Crippen LogP contribution in [0.4, 0.5) is 0 Å². The molecule has 0 spiro atoms. The SMILES string of the molecule is CC/C=C\C/C=C\C/C=C\C/C=C\C/C=C\CCCCCC(=O)OCC(COC(=O)CCCCC/C=C\C=C/CCCC)OC(=O)CCCCCCCCC/C=C\CCCCCCCC. The molecule has 0 N–H and O–H groups in total. The highest BCUT2D eigenvalue weighted by Gasteiger charge is 2.19. The highest BCUT2D eigenvalue weighted by atomic mass is 16.6.